The Kier molecular flexibility index (Phi) is 4.42. The second-order valence-corrected chi connectivity index (χ2v) is 5.94. The summed E-state index contributed by atoms with van der Waals surface area (Å²) >= 11 is 1.19. The number of thiazole rings is 1. The molecule has 0 fully saturated rings. The first-order valence-corrected chi connectivity index (χ1v) is 7.29. The van der Waals surface area contributed by atoms with E-state index in [0.29, 0.717) is 21.3 Å². The molecule has 112 valence electrons. The Labute approximate surface area is 126 Å². The lowest BCUT2D eigenvalue weighted by Gasteiger charge is -2.07. The van der Waals surface area contributed by atoms with Crippen LogP contribution in [0, 0.1) is 12.7 Å². The van der Waals surface area contributed by atoms with Crippen LogP contribution in [0.15, 0.2) is 18.2 Å². The van der Waals surface area contributed by atoms with Crippen LogP contribution in [0.4, 0.5) is 21.0 Å². The SMILES string of the molecule is Cc1cc(F)ccc1NC(=O)c1sc(NC(C)C)nc1N. The Morgan fingerprint density at radius 1 is 1.43 bits per heavy atom. The molecular weight excluding hydrogens is 291 g/mol. The van der Waals surface area contributed by atoms with Crippen molar-refractivity contribution >= 4 is 33.9 Å². The number of nitrogen functional groups attached to an aromatic ring is 1. The van der Waals surface area contributed by atoms with E-state index in [9.17, 15) is 9.18 Å². The minimum atomic E-state index is -0.350. The first kappa shape index (κ1) is 15.2. The third-order valence-corrected chi connectivity index (χ3v) is 3.71. The highest BCUT2D eigenvalue weighted by molar-refractivity contribution is 7.18. The van der Waals surface area contributed by atoms with Gasteiger partial charge in [0.05, 0.1) is 0 Å². The van der Waals surface area contributed by atoms with Crippen LogP contribution < -0.4 is 16.4 Å². The number of nitrogens with zero attached hydrogens (tertiary/aromatic N) is 1. The predicted octanol–water partition coefficient (Wildman–Crippen LogP) is 3.25. The van der Waals surface area contributed by atoms with Gasteiger partial charge >= 0.3 is 0 Å². The Morgan fingerprint density at radius 3 is 2.76 bits per heavy atom. The Balaban J connectivity index is 2.18. The van der Waals surface area contributed by atoms with Crippen LogP contribution >= 0.6 is 11.3 Å². The van der Waals surface area contributed by atoms with E-state index in [0.717, 1.165) is 0 Å². The van der Waals surface area contributed by atoms with Gasteiger partial charge in [-0.1, -0.05) is 11.3 Å². The summed E-state index contributed by atoms with van der Waals surface area (Å²) < 4.78 is 13.0. The number of anilines is 3. The van der Waals surface area contributed by atoms with Gasteiger partial charge in [-0.3, -0.25) is 4.79 Å². The van der Waals surface area contributed by atoms with E-state index in [4.69, 9.17) is 5.73 Å². The number of benzene rings is 1. The maximum absolute atomic E-state index is 13.0. The molecule has 0 aliphatic heterocycles. The van der Waals surface area contributed by atoms with Crippen molar-refractivity contribution in [3.05, 3.63) is 34.5 Å². The number of aryl methyl sites for hydroxylation is 1. The van der Waals surface area contributed by atoms with Crippen LogP contribution in [0.3, 0.4) is 0 Å². The summed E-state index contributed by atoms with van der Waals surface area (Å²) in [5, 5.41) is 6.42. The van der Waals surface area contributed by atoms with Gasteiger partial charge in [0.2, 0.25) is 0 Å². The fourth-order valence-corrected chi connectivity index (χ4v) is 2.68. The molecule has 7 heteroatoms. The van der Waals surface area contributed by atoms with E-state index in [1.807, 2.05) is 13.8 Å². The van der Waals surface area contributed by atoms with Gasteiger partial charge in [-0.2, -0.15) is 0 Å². The van der Waals surface area contributed by atoms with Crippen LogP contribution in [0.1, 0.15) is 29.1 Å². The molecule has 1 heterocycles. The number of carbonyl (C=O) groups is 1. The Morgan fingerprint density at radius 2 is 2.14 bits per heavy atom. The van der Waals surface area contributed by atoms with Gasteiger partial charge in [-0.05, 0) is 44.5 Å². The molecule has 21 heavy (non-hydrogen) atoms. The molecule has 0 spiro atoms. The smallest absolute Gasteiger partial charge is 0.269 e. The molecule has 4 N–H and O–H groups in total. The van der Waals surface area contributed by atoms with Crippen molar-refractivity contribution in [3.8, 4) is 0 Å². The molecule has 1 amide bonds. The zero-order valence-electron chi connectivity index (χ0n) is 12.0. The van der Waals surface area contributed by atoms with Crippen molar-refractivity contribution in [1.29, 1.82) is 0 Å². The van der Waals surface area contributed by atoms with Crippen LogP contribution in [0.5, 0.6) is 0 Å². The van der Waals surface area contributed by atoms with E-state index in [2.05, 4.69) is 15.6 Å². The summed E-state index contributed by atoms with van der Waals surface area (Å²) in [6, 6.07) is 4.38. The lowest BCUT2D eigenvalue weighted by molar-refractivity contribution is 0.103. The molecule has 0 radical (unpaired) electrons. The summed E-state index contributed by atoms with van der Waals surface area (Å²) in [5.74, 6) is -0.511. The molecule has 0 atom stereocenters. The van der Waals surface area contributed by atoms with Gasteiger partial charge < -0.3 is 16.4 Å². The first-order chi connectivity index (χ1) is 9.86. The summed E-state index contributed by atoms with van der Waals surface area (Å²) in [6.07, 6.45) is 0. The molecule has 0 saturated heterocycles. The van der Waals surface area contributed by atoms with E-state index >= 15 is 0 Å². The number of nitrogens with one attached hydrogen (secondary N) is 2. The number of nitrogens with two attached hydrogens (primary N) is 1. The van der Waals surface area contributed by atoms with Gasteiger partial charge in [0.15, 0.2) is 5.13 Å². The number of amides is 1. The molecule has 0 aliphatic carbocycles. The molecular formula is C14H17FN4OS. The molecule has 0 bridgehead atoms. The van der Waals surface area contributed by atoms with Crippen molar-refractivity contribution in [2.24, 2.45) is 0 Å². The molecule has 0 saturated carbocycles. The van der Waals surface area contributed by atoms with E-state index in [1.54, 1.807) is 6.92 Å². The molecule has 0 aliphatic rings. The third-order valence-electron chi connectivity index (χ3n) is 2.71. The van der Waals surface area contributed by atoms with Gasteiger partial charge in [0.25, 0.3) is 5.91 Å². The van der Waals surface area contributed by atoms with Crippen LogP contribution in [0.2, 0.25) is 0 Å². The third kappa shape index (κ3) is 3.69. The highest BCUT2D eigenvalue weighted by Crippen LogP contribution is 2.27. The maximum atomic E-state index is 13.0. The average Bonchev–Trinajstić information content (AvgIpc) is 2.72. The molecule has 2 rings (SSSR count). The van der Waals surface area contributed by atoms with Gasteiger partial charge in [-0.15, -0.1) is 0 Å². The van der Waals surface area contributed by atoms with E-state index in [1.165, 1.54) is 29.5 Å². The predicted molar refractivity (Wildman–Crippen MR) is 84.4 cm³/mol. The fourth-order valence-electron chi connectivity index (χ4n) is 1.75. The largest absolute Gasteiger partial charge is 0.382 e. The minimum absolute atomic E-state index is 0.181. The van der Waals surface area contributed by atoms with Crippen molar-refractivity contribution in [2.75, 3.05) is 16.4 Å². The number of halogens is 1. The highest BCUT2D eigenvalue weighted by Gasteiger charge is 2.17. The summed E-state index contributed by atoms with van der Waals surface area (Å²) in [4.78, 5) is 16.7. The number of hydrogen-bond acceptors (Lipinski definition) is 5. The second-order valence-electron chi connectivity index (χ2n) is 4.95. The molecule has 5 nitrogen and oxygen atoms in total. The van der Waals surface area contributed by atoms with Gasteiger partial charge in [-0.25, -0.2) is 9.37 Å². The Bertz CT molecular complexity index is 669. The van der Waals surface area contributed by atoms with Crippen molar-refractivity contribution in [1.82, 2.24) is 4.98 Å². The average molecular weight is 308 g/mol. The molecule has 1 aromatic heterocycles. The van der Waals surface area contributed by atoms with Crippen LogP contribution in [-0.2, 0) is 0 Å². The monoisotopic (exact) mass is 308 g/mol. The topological polar surface area (TPSA) is 80.0 Å². The Hall–Kier alpha value is -2.15. The quantitative estimate of drug-likeness (QED) is 0.810. The number of rotatable bonds is 4. The minimum Gasteiger partial charge on any atom is -0.382 e. The number of aromatic nitrogens is 1. The molecule has 1 aromatic carbocycles. The standard InChI is InChI=1S/C14H17FN4OS/c1-7(2)17-14-19-12(16)11(21-14)13(20)18-10-5-4-9(15)6-8(10)3/h4-7H,16H2,1-3H3,(H,17,19)(H,18,20). The maximum Gasteiger partial charge on any atom is 0.269 e. The number of carbonyl (C=O) groups excluding carboxylic acids is 1. The van der Waals surface area contributed by atoms with Gasteiger partial charge in [0.1, 0.15) is 16.5 Å². The zero-order valence-corrected chi connectivity index (χ0v) is 12.8. The van der Waals surface area contributed by atoms with Crippen LogP contribution in [0.25, 0.3) is 0 Å². The summed E-state index contributed by atoms with van der Waals surface area (Å²) in [5.41, 5.74) is 6.97. The number of hydrogen-bond donors (Lipinski definition) is 3. The molecule has 2 aromatic rings. The van der Waals surface area contributed by atoms with Gasteiger partial charge in [0, 0.05) is 11.7 Å². The lowest BCUT2D eigenvalue weighted by atomic mass is 10.2. The summed E-state index contributed by atoms with van der Waals surface area (Å²) in [7, 11) is 0. The van der Waals surface area contributed by atoms with E-state index in [-0.39, 0.29) is 23.6 Å². The van der Waals surface area contributed by atoms with Crippen molar-refractivity contribution in [3.63, 3.8) is 0 Å². The van der Waals surface area contributed by atoms with Crippen molar-refractivity contribution < 1.29 is 9.18 Å². The highest BCUT2D eigenvalue weighted by atomic mass is 32.1. The first-order valence-electron chi connectivity index (χ1n) is 6.47. The van der Waals surface area contributed by atoms with Crippen LogP contribution in [-0.4, -0.2) is 16.9 Å². The summed E-state index contributed by atoms with van der Waals surface area (Å²) in [6.45, 7) is 5.67. The zero-order chi connectivity index (χ0) is 15.6. The fraction of sp³-hybridized carbons (Fsp3) is 0.286. The lowest BCUT2D eigenvalue weighted by Crippen LogP contribution is -2.13. The normalized spacial score (nSPS) is 10.7. The second kappa shape index (κ2) is 6.09. The van der Waals surface area contributed by atoms with Crippen molar-refractivity contribution in [2.45, 2.75) is 26.8 Å². The molecule has 0 unspecified atom stereocenters. The van der Waals surface area contributed by atoms with E-state index < -0.39 is 0 Å².